The molecular weight excluding hydrogens is 290 g/mol. The summed E-state index contributed by atoms with van der Waals surface area (Å²) in [7, 11) is -3.69. The van der Waals surface area contributed by atoms with Crippen LogP contribution >= 0.6 is 0 Å². The Bertz CT molecular complexity index is 736. The highest BCUT2D eigenvalue weighted by atomic mass is 32.2. The zero-order chi connectivity index (χ0) is 15.5. The van der Waals surface area contributed by atoms with Gasteiger partial charge in [-0.05, 0) is 54.5 Å². The summed E-state index contributed by atoms with van der Waals surface area (Å²) in [6.07, 6.45) is 2.54. The predicted molar refractivity (Wildman–Crippen MR) is 80.9 cm³/mol. The maximum absolute atomic E-state index is 11.2. The second-order valence-electron chi connectivity index (χ2n) is 4.59. The molecule has 1 aromatic carbocycles. The van der Waals surface area contributed by atoms with E-state index in [1.54, 1.807) is 30.3 Å². The van der Waals surface area contributed by atoms with Crippen LogP contribution in [0.4, 0.5) is 0 Å². The van der Waals surface area contributed by atoms with Crippen molar-refractivity contribution in [1.82, 2.24) is 0 Å². The van der Waals surface area contributed by atoms with E-state index in [2.05, 4.69) is 0 Å². The second kappa shape index (κ2) is 6.26. The molecule has 0 radical (unpaired) electrons. The first-order valence-electron chi connectivity index (χ1n) is 6.47. The summed E-state index contributed by atoms with van der Waals surface area (Å²) in [4.78, 5) is 0.0616. The van der Waals surface area contributed by atoms with Gasteiger partial charge in [-0.15, -0.1) is 0 Å². The lowest BCUT2D eigenvalue weighted by molar-refractivity contribution is 0.328. The normalized spacial score (nSPS) is 12.6. The van der Waals surface area contributed by atoms with Crippen LogP contribution in [0.1, 0.15) is 19.1 Å². The zero-order valence-electron chi connectivity index (χ0n) is 11.6. The van der Waals surface area contributed by atoms with Crippen LogP contribution in [0.3, 0.4) is 0 Å². The average Bonchev–Trinajstić information content (AvgIpc) is 2.92. The monoisotopic (exact) mass is 307 g/mol. The molecule has 21 heavy (non-hydrogen) atoms. The highest BCUT2D eigenvalue weighted by molar-refractivity contribution is 7.89. The van der Waals surface area contributed by atoms with Gasteiger partial charge < -0.3 is 9.52 Å². The Hall–Kier alpha value is -1.89. The van der Waals surface area contributed by atoms with Gasteiger partial charge in [0.05, 0.1) is 11.5 Å². The summed E-state index contributed by atoms with van der Waals surface area (Å²) in [5.41, 5.74) is 1.63. The Morgan fingerprint density at radius 2 is 1.90 bits per heavy atom. The first kappa shape index (κ1) is 15.5. The van der Waals surface area contributed by atoms with E-state index in [0.29, 0.717) is 11.5 Å². The third-order valence-electron chi connectivity index (χ3n) is 3.10. The molecule has 2 aromatic rings. The highest BCUT2D eigenvalue weighted by Crippen LogP contribution is 2.24. The largest absolute Gasteiger partial charge is 0.457 e. The van der Waals surface area contributed by atoms with Crippen LogP contribution in [0.15, 0.2) is 51.3 Å². The Labute approximate surface area is 123 Å². The molecule has 3 N–H and O–H groups in total. The molecule has 5 nitrogen and oxygen atoms in total. The van der Waals surface area contributed by atoms with Gasteiger partial charge in [-0.1, -0.05) is 6.92 Å². The number of hydrogen-bond acceptors (Lipinski definition) is 4. The Morgan fingerprint density at radius 1 is 1.24 bits per heavy atom. The van der Waals surface area contributed by atoms with Crippen LogP contribution in [0.25, 0.3) is 17.4 Å². The van der Waals surface area contributed by atoms with E-state index >= 15 is 0 Å². The fraction of sp³-hybridized carbons (Fsp3) is 0.200. The summed E-state index contributed by atoms with van der Waals surface area (Å²) in [6.45, 7) is 1.95. The van der Waals surface area contributed by atoms with Gasteiger partial charge >= 0.3 is 0 Å². The van der Waals surface area contributed by atoms with Crippen LogP contribution in [0.2, 0.25) is 0 Å². The molecule has 0 unspecified atom stereocenters. The van der Waals surface area contributed by atoms with Crippen LogP contribution in [0, 0.1) is 0 Å². The molecule has 0 bridgehead atoms. The molecule has 0 spiro atoms. The number of hydrogen-bond donors (Lipinski definition) is 2. The topological polar surface area (TPSA) is 93.5 Å². The molecule has 0 atom stereocenters. The fourth-order valence-electron chi connectivity index (χ4n) is 1.86. The molecule has 2 rings (SSSR count). The van der Waals surface area contributed by atoms with E-state index in [9.17, 15) is 8.42 Å². The maximum Gasteiger partial charge on any atom is 0.238 e. The number of rotatable bonds is 5. The number of nitrogens with two attached hydrogens (primary N) is 1. The van der Waals surface area contributed by atoms with Crippen LogP contribution in [0.5, 0.6) is 0 Å². The predicted octanol–water partition coefficient (Wildman–Crippen LogP) is 2.38. The number of benzene rings is 1. The van der Waals surface area contributed by atoms with Crippen molar-refractivity contribution in [3.05, 3.63) is 47.7 Å². The minimum absolute atomic E-state index is 0.00438. The summed E-state index contributed by atoms with van der Waals surface area (Å²) in [5, 5.41) is 14.2. The van der Waals surface area contributed by atoms with Crippen molar-refractivity contribution in [2.24, 2.45) is 5.14 Å². The highest BCUT2D eigenvalue weighted by Gasteiger charge is 2.09. The standard InChI is InChI=1S/C15H17NO4S/c1-2-11(10-17)9-13-5-8-15(20-13)12-3-6-14(7-4-12)21(16,18)19/h3-9,17H,2,10H2,1H3,(H2,16,18,19). The number of aliphatic hydroxyl groups excluding tert-OH is 1. The summed E-state index contributed by atoms with van der Waals surface area (Å²) in [5.74, 6) is 1.27. The van der Waals surface area contributed by atoms with Gasteiger partial charge in [-0.2, -0.15) is 0 Å². The van der Waals surface area contributed by atoms with Crippen molar-refractivity contribution < 1.29 is 17.9 Å². The second-order valence-corrected chi connectivity index (χ2v) is 6.15. The fourth-order valence-corrected chi connectivity index (χ4v) is 2.37. The quantitative estimate of drug-likeness (QED) is 0.886. The molecule has 0 saturated carbocycles. The van der Waals surface area contributed by atoms with Crippen molar-refractivity contribution in [2.45, 2.75) is 18.2 Å². The van der Waals surface area contributed by atoms with E-state index in [1.807, 2.05) is 6.92 Å². The van der Waals surface area contributed by atoms with E-state index in [-0.39, 0.29) is 11.5 Å². The molecule has 0 saturated heterocycles. The molecule has 6 heteroatoms. The number of aliphatic hydroxyl groups is 1. The van der Waals surface area contributed by atoms with Crippen molar-refractivity contribution in [3.63, 3.8) is 0 Å². The van der Waals surface area contributed by atoms with Crippen molar-refractivity contribution >= 4 is 16.1 Å². The molecule has 0 aliphatic heterocycles. The molecule has 0 amide bonds. The van der Waals surface area contributed by atoms with Crippen molar-refractivity contribution in [2.75, 3.05) is 6.61 Å². The first-order chi connectivity index (χ1) is 9.94. The van der Waals surface area contributed by atoms with Gasteiger partial charge in [0.15, 0.2) is 0 Å². The Kier molecular flexibility index (Phi) is 4.62. The van der Waals surface area contributed by atoms with E-state index in [1.165, 1.54) is 12.1 Å². The van der Waals surface area contributed by atoms with Gasteiger partial charge in [-0.3, -0.25) is 0 Å². The van der Waals surface area contributed by atoms with Gasteiger partial charge in [-0.25, -0.2) is 13.6 Å². The smallest absolute Gasteiger partial charge is 0.238 e. The lowest BCUT2D eigenvalue weighted by Crippen LogP contribution is -2.11. The molecule has 0 fully saturated rings. The lowest BCUT2D eigenvalue weighted by Gasteiger charge is -2.00. The Balaban J connectivity index is 2.28. The summed E-state index contributed by atoms with van der Waals surface area (Å²) in [6, 6.07) is 9.75. The number of sulfonamides is 1. The molecular formula is C15H17NO4S. The van der Waals surface area contributed by atoms with Crippen molar-refractivity contribution in [1.29, 1.82) is 0 Å². The molecule has 0 aliphatic carbocycles. The van der Waals surface area contributed by atoms with Crippen LogP contribution in [-0.2, 0) is 10.0 Å². The van der Waals surface area contributed by atoms with Gasteiger partial charge in [0, 0.05) is 5.56 Å². The minimum Gasteiger partial charge on any atom is -0.457 e. The molecule has 1 heterocycles. The summed E-state index contributed by atoms with van der Waals surface area (Å²) >= 11 is 0. The number of furan rings is 1. The van der Waals surface area contributed by atoms with E-state index in [4.69, 9.17) is 14.7 Å². The SMILES string of the molecule is CCC(=Cc1ccc(-c2ccc(S(N)(=O)=O)cc2)o1)CO. The third-order valence-corrected chi connectivity index (χ3v) is 4.03. The Morgan fingerprint density at radius 3 is 2.43 bits per heavy atom. The van der Waals surface area contributed by atoms with E-state index in [0.717, 1.165) is 17.6 Å². The summed E-state index contributed by atoms with van der Waals surface area (Å²) < 4.78 is 28.1. The van der Waals surface area contributed by atoms with Gasteiger partial charge in [0.25, 0.3) is 0 Å². The zero-order valence-corrected chi connectivity index (χ0v) is 12.4. The molecule has 0 aliphatic rings. The van der Waals surface area contributed by atoms with Crippen molar-refractivity contribution in [3.8, 4) is 11.3 Å². The number of primary sulfonamides is 1. The average molecular weight is 307 g/mol. The van der Waals surface area contributed by atoms with Crippen LogP contribution < -0.4 is 5.14 Å². The van der Waals surface area contributed by atoms with Gasteiger partial charge in [0.2, 0.25) is 10.0 Å². The third kappa shape index (κ3) is 3.81. The van der Waals surface area contributed by atoms with E-state index < -0.39 is 10.0 Å². The lowest BCUT2D eigenvalue weighted by atomic mass is 10.2. The minimum atomic E-state index is -3.69. The molecule has 1 aromatic heterocycles. The van der Waals surface area contributed by atoms with Gasteiger partial charge in [0.1, 0.15) is 11.5 Å². The molecule has 112 valence electrons. The van der Waals surface area contributed by atoms with Crippen LogP contribution in [-0.4, -0.2) is 20.1 Å². The first-order valence-corrected chi connectivity index (χ1v) is 8.02. The maximum atomic E-state index is 11.2.